The van der Waals surface area contributed by atoms with E-state index in [0.717, 1.165) is 51.4 Å². The molecule has 4 nitrogen and oxygen atoms in total. The standard InChI is InChI=1S/C20H31N3O/c24-19-16-23(15-17-7-3-1-4-8-17)20(21-19)11-13-22(14-12-20)18-9-5-2-6-10-18/h3,7-8,18H,1-2,4-6,9-16H2,(H,21,24). The Morgan fingerprint density at radius 3 is 2.62 bits per heavy atom. The fourth-order valence-electron chi connectivity index (χ4n) is 5.06. The first kappa shape index (κ1) is 16.3. The first-order chi connectivity index (χ1) is 11.8. The van der Waals surface area contributed by atoms with E-state index in [1.165, 1.54) is 37.7 Å². The van der Waals surface area contributed by atoms with E-state index in [1.54, 1.807) is 0 Å². The number of nitrogens with one attached hydrogen (secondary N) is 1. The molecule has 132 valence electrons. The highest BCUT2D eigenvalue weighted by Crippen LogP contribution is 2.34. The lowest BCUT2D eigenvalue weighted by Gasteiger charge is -2.47. The first-order valence-electron chi connectivity index (χ1n) is 9.91. The summed E-state index contributed by atoms with van der Waals surface area (Å²) in [7, 11) is 0. The number of amides is 1. The van der Waals surface area contributed by atoms with Crippen LogP contribution in [0.2, 0.25) is 0 Å². The largest absolute Gasteiger partial charge is 0.337 e. The first-order valence-corrected chi connectivity index (χ1v) is 9.91. The fourth-order valence-corrected chi connectivity index (χ4v) is 5.06. The van der Waals surface area contributed by atoms with Gasteiger partial charge in [0.2, 0.25) is 5.91 Å². The Labute approximate surface area is 146 Å². The molecule has 0 radical (unpaired) electrons. The highest BCUT2D eigenvalue weighted by atomic mass is 16.2. The van der Waals surface area contributed by atoms with Gasteiger partial charge in [-0.1, -0.05) is 37.5 Å². The summed E-state index contributed by atoms with van der Waals surface area (Å²) in [5, 5.41) is 3.34. The van der Waals surface area contributed by atoms with Crippen molar-refractivity contribution in [1.82, 2.24) is 15.1 Å². The molecule has 4 heteroatoms. The molecule has 0 bridgehead atoms. The lowest BCUT2D eigenvalue weighted by atomic mass is 9.89. The van der Waals surface area contributed by atoms with Gasteiger partial charge in [0.1, 0.15) is 0 Å². The molecule has 1 N–H and O–H groups in total. The van der Waals surface area contributed by atoms with Crippen LogP contribution in [0.25, 0.3) is 0 Å². The lowest BCUT2D eigenvalue weighted by Crippen LogP contribution is -2.59. The van der Waals surface area contributed by atoms with Crippen LogP contribution in [-0.2, 0) is 4.79 Å². The summed E-state index contributed by atoms with van der Waals surface area (Å²) in [4.78, 5) is 17.3. The summed E-state index contributed by atoms with van der Waals surface area (Å²) in [6, 6.07) is 0.797. The second-order valence-electron chi connectivity index (χ2n) is 8.02. The van der Waals surface area contributed by atoms with Gasteiger partial charge in [-0.2, -0.15) is 0 Å². The molecular weight excluding hydrogens is 298 g/mol. The highest BCUT2D eigenvalue weighted by molar-refractivity contribution is 5.81. The maximum Gasteiger partial charge on any atom is 0.235 e. The average molecular weight is 329 g/mol. The van der Waals surface area contributed by atoms with Crippen molar-refractivity contribution in [2.24, 2.45) is 0 Å². The molecule has 2 heterocycles. The lowest BCUT2D eigenvalue weighted by molar-refractivity contribution is -0.119. The van der Waals surface area contributed by atoms with Crippen LogP contribution in [0.3, 0.4) is 0 Å². The van der Waals surface area contributed by atoms with Crippen molar-refractivity contribution in [2.45, 2.75) is 69.5 Å². The number of allylic oxidation sites excluding steroid dienone is 2. The molecule has 2 saturated heterocycles. The van der Waals surface area contributed by atoms with Crippen LogP contribution in [0.4, 0.5) is 0 Å². The van der Waals surface area contributed by atoms with E-state index in [4.69, 9.17) is 0 Å². The van der Waals surface area contributed by atoms with Crippen LogP contribution in [0.5, 0.6) is 0 Å². The van der Waals surface area contributed by atoms with Gasteiger partial charge < -0.3 is 10.2 Å². The fraction of sp³-hybridized carbons (Fsp3) is 0.750. The van der Waals surface area contributed by atoms with Crippen LogP contribution in [0, 0.1) is 0 Å². The Kier molecular flexibility index (Phi) is 4.77. The minimum atomic E-state index is -0.0889. The molecule has 2 aliphatic carbocycles. The van der Waals surface area contributed by atoms with E-state index in [0.29, 0.717) is 6.54 Å². The molecule has 0 unspecified atom stereocenters. The maximum atomic E-state index is 12.1. The minimum Gasteiger partial charge on any atom is -0.337 e. The topological polar surface area (TPSA) is 35.6 Å². The van der Waals surface area contributed by atoms with Crippen LogP contribution < -0.4 is 5.32 Å². The van der Waals surface area contributed by atoms with Gasteiger partial charge in [0.15, 0.2) is 0 Å². The number of rotatable bonds is 3. The van der Waals surface area contributed by atoms with Gasteiger partial charge in [0, 0.05) is 25.7 Å². The van der Waals surface area contributed by atoms with Crippen LogP contribution in [0.1, 0.15) is 57.8 Å². The second-order valence-corrected chi connectivity index (χ2v) is 8.02. The summed E-state index contributed by atoms with van der Waals surface area (Å²) in [5.41, 5.74) is 1.29. The third-order valence-corrected chi connectivity index (χ3v) is 6.47. The molecule has 2 aliphatic heterocycles. The van der Waals surface area contributed by atoms with E-state index in [2.05, 4.69) is 33.3 Å². The molecule has 0 atom stereocenters. The highest BCUT2D eigenvalue weighted by Gasteiger charge is 2.47. The molecule has 1 spiro atoms. The Morgan fingerprint density at radius 1 is 1.12 bits per heavy atom. The van der Waals surface area contributed by atoms with E-state index in [1.807, 2.05) is 0 Å². The van der Waals surface area contributed by atoms with E-state index in [-0.39, 0.29) is 11.6 Å². The maximum absolute atomic E-state index is 12.1. The molecule has 0 aromatic rings. The Morgan fingerprint density at radius 2 is 1.92 bits per heavy atom. The molecule has 1 saturated carbocycles. The predicted molar refractivity (Wildman–Crippen MR) is 96.6 cm³/mol. The normalized spacial score (nSPS) is 29.0. The average Bonchev–Trinajstić information content (AvgIpc) is 2.92. The molecular formula is C20H31N3O. The summed E-state index contributed by atoms with van der Waals surface area (Å²) in [5.74, 6) is 0.210. The Bertz CT molecular complexity index is 525. The van der Waals surface area contributed by atoms with E-state index in [9.17, 15) is 4.79 Å². The van der Waals surface area contributed by atoms with Gasteiger partial charge in [0.25, 0.3) is 0 Å². The number of carbonyl (C=O) groups is 1. The summed E-state index contributed by atoms with van der Waals surface area (Å²) < 4.78 is 0. The summed E-state index contributed by atoms with van der Waals surface area (Å²) in [6.07, 6.45) is 18.3. The van der Waals surface area contributed by atoms with Gasteiger partial charge in [0.05, 0.1) is 12.2 Å². The molecule has 3 fully saturated rings. The van der Waals surface area contributed by atoms with Crippen LogP contribution in [-0.4, -0.2) is 53.6 Å². The van der Waals surface area contributed by atoms with Gasteiger partial charge in [-0.3, -0.25) is 9.69 Å². The predicted octanol–water partition coefficient (Wildman–Crippen LogP) is 2.82. The van der Waals surface area contributed by atoms with Crippen LogP contribution >= 0.6 is 0 Å². The van der Waals surface area contributed by atoms with Gasteiger partial charge in [-0.05, 0) is 44.1 Å². The van der Waals surface area contributed by atoms with Crippen molar-refractivity contribution >= 4 is 5.91 Å². The number of hydrogen-bond acceptors (Lipinski definition) is 3. The number of carbonyl (C=O) groups excluding carboxylic acids is 1. The SMILES string of the molecule is O=C1CN(CC2=CCCC=C2)C2(CCN(C3CCCCC3)CC2)N1. The van der Waals surface area contributed by atoms with Gasteiger partial charge >= 0.3 is 0 Å². The zero-order valence-electron chi connectivity index (χ0n) is 14.8. The molecule has 4 aliphatic rings. The van der Waals surface area contributed by atoms with E-state index < -0.39 is 0 Å². The second kappa shape index (κ2) is 7.01. The molecule has 4 rings (SSSR count). The third-order valence-electron chi connectivity index (χ3n) is 6.47. The van der Waals surface area contributed by atoms with Gasteiger partial charge in [-0.15, -0.1) is 0 Å². The smallest absolute Gasteiger partial charge is 0.235 e. The molecule has 0 aromatic carbocycles. The van der Waals surface area contributed by atoms with E-state index >= 15 is 0 Å². The van der Waals surface area contributed by atoms with Crippen molar-refractivity contribution in [3.05, 3.63) is 23.8 Å². The monoisotopic (exact) mass is 329 g/mol. The van der Waals surface area contributed by atoms with Crippen molar-refractivity contribution in [3.63, 3.8) is 0 Å². The van der Waals surface area contributed by atoms with Crippen molar-refractivity contribution < 1.29 is 4.79 Å². The Hall–Kier alpha value is -1.13. The Balaban J connectivity index is 1.40. The quantitative estimate of drug-likeness (QED) is 0.865. The number of piperidine rings is 1. The zero-order chi connectivity index (χ0) is 16.4. The summed E-state index contributed by atoms with van der Waals surface area (Å²) in [6.45, 7) is 3.75. The van der Waals surface area contributed by atoms with Gasteiger partial charge in [-0.25, -0.2) is 0 Å². The zero-order valence-corrected chi connectivity index (χ0v) is 14.8. The number of hydrogen-bond donors (Lipinski definition) is 1. The van der Waals surface area contributed by atoms with Crippen LogP contribution in [0.15, 0.2) is 23.8 Å². The van der Waals surface area contributed by atoms with Crippen molar-refractivity contribution in [2.75, 3.05) is 26.2 Å². The molecule has 0 aromatic heterocycles. The summed E-state index contributed by atoms with van der Waals surface area (Å²) >= 11 is 0. The van der Waals surface area contributed by atoms with Crippen molar-refractivity contribution in [1.29, 1.82) is 0 Å². The van der Waals surface area contributed by atoms with Crippen molar-refractivity contribution in [3.8, 4) is 0 Å². The third kappa shape index (κ3) is 3.31. The number of nitrogens with zero attached hydrogens (tertiary/aromatic N) is 2. The minimum absolute atomic E-state index is 0.0889. The molecule has 1 amide bonds. The molecule has 24 heavy (non-hydrogen) atoms. The number of likely N-dealkylation sites (tertiary alicyclic amines) is 1.